The fourth-order valence-corrected chi connectivity index (χ4v) is 0.250. The van der Waals surface area contributed by atoms with Crippen LogP contribution in [0.1, 0.15) is 20.8 Å². The topological polar surface area (TPSA) is 43.4 Å². The Balaban J connectivity index is 0. The predicted octanol–water partition coefficient (Wildman–Crippen LogP) is 2.37. The zero-order valence-electron chi connectivity index (χ0n) is 8.08. The van der Waals surface area contributed by atoms with Gasteiger partial charge >= 0.3 is 10.2 Å². The van der Waals surface area contributed by atoms with E-state index in [2.05, 4.69) is 13.2 Å². The lowest BCUT2D eigenvalue weighted by Gasteiger charge is -2.16. The molecule has 5 heteroatoms. The second kappa shape index (κ2) is 5.75. The van der Waals surface area contributed by atoms with Crippen molar-refractivity contribution in [3.8, 4) is 0 Å². The Morgan fingerprint density at radius 3 is 1.62 bits per heavy atom. The molecule has 0 aliphatic rings. The first-order valence-corrected chi connectivity index (χ1v) is 4.93. The number of rotatable bonds is 2. The highest BCUT2D eigenvalue weighted by Gasteiger charge is 2.05. The third-order valence-corrected chi connectivity index (χ3v) is 1.03. The molecule has 0 amide bonds. The van der Waals surface area contributed by atoms with Crippen molar-refractivity contribution in [1.82, 2.24) is 0 Å². The molecule has 0 rings (SSSR count). The summed E-state index contributed by atoms with van der Waals surface area (Å²) in [5.41, 5.74) is -0.0677. The molecular formula is C8H15FO3S. The Kier molecular flexibility index (Phi) is 6.48. The highest BCUT2D eigenvalue weighted by Crippen LogP contribution is 2.05. The minimum atomic E-state index is -4.40. The van der Waals surface area contributed by atoms with Crippen LogP contribution in [0.2, 0.25) is 0 Å². The van der Waals surface area contributed by atoms with E-state index in [-0.39, 0.29) is 11.0 Å². The summed E-state index contributed by atoms with van der Waals surface area (Å²) < 4.78 is 34.4. The van der Waals surface area contributed by atoms with Crippen molar-refractivity contribution >= 4 is 10.2 Å². The van der Waals surface area contributed by atoms with E-state index in [4.69, 9.17) is 4.74 Å². The van der Waals surface area contributed by atoms with Gasteiger partial charge in [-0.15, -0.1) is 3.89 Å². The molecule has 0 bridgehead atoms. The van der Waals surface area contributed by atoms with Gasteiger partial charge < -0.3 is 4.74 Å². The molecule has 0 saturated carbocycles. The van der Waals surface area contributed by atoms with Gasteiger partial charge in [0.05, 0.1) is 17.3 Å². The second-order valence-electron chi connectivity index (χ2n) is 3.04. The molecule has 0 aliphatic heterocycles. The van der Waals surface area contributed by atoms with Crippen molar-refractivity contribution in [2.45, 2.75) is 26.4 Å². The Morgan fingerprint density at radius 1 is 1.31 bits per heavy atom. The Bertz CT molecular complexity index is 237. The minimum Gasteiger partial charge on any atom is -0.496 e. The largest absolute Gasteiger partial charge is 0.496 e. The van der Waals surface area contributed by atoms with Crippen molar-refractivity contribution in [1.29, 1.82) is 0 Å². The number of hydrogen-bond donors (Lipinski definition) is 0. The van der Waals surface area contributed by atoms with Crippen molar-refractivity contribution in [3.63, 3.8) is 0 Å². The normalized spacial score (nSPS) is 10.8. The zero-order chi connectivity index (χ0) is 11.1. The molecule has 0 fully saturated rings. The summed E-state index contributed by atoms with van der Waals surface area (Å²) in [5, 5.41) is 0.243. The summed E-state index contributed by atoms with van der Waals surface area (Å²) in [4.78, 5) is 0. The molecule has 0 aromatic heterocycles. The van der Waals surface area contributed by atoms with Crippen molar-refractivity contribution in [3.05, 3.63) is 24.8 Å². The Morgan fingerprint density at radius 2 is 1.62 bits per heavy atom. The molecule has 0 aromatic rings. The van der Waals surface area contributed by atoms with E-state index in [9.17, 15) is 12.3 Å². The van der Waals surface area contributed by atoms with Crippen molar-refractivity contribution in [2.24, 2.45) is 0 Å². The molecule has 0 atom stereocenters. The maximum Gasteiger partial charge on any atom is 0.324 e. The van der Waals surface area contributed by atoms with Gasteiger partial charge in [-0.2, -0.15) is 8.42 Å². The van der Waals surface area contributed by atoms with Gasteiger partial charge in [0.1, 0.15) is 0 Å². The van der Waals surface area contributed by atoms with E-state index in [1.165, 1.54) is 6.26 Å². The molecule has 13 heavy (non-hydrogen) atoms. The van der Waals surface area contributed by atoms with Gasteiger partial charge in [-0.3, -0.25) is 0 Å². The van der Waals surface area contributed by atoms with Crippen LogP contribution in [-0.2, 0) is 15.0 Å². The van der Waals surface area contributed by atoms with Crippen molar-refractivity contribution < 1.29 is 17.0 Å². The number of ether oxygens (including phenoxy) is 1. The molecular weight excluding hydrogens is 195 g/mol. The lowest BCUT2D eigenvalue weighted by molar-refractivity contribution is 0.0775. The summed E-state index contributed by atoms with van der Waals surface area (Å²) in [6.45, 7) is 12.0. The quantitative estimate of drug-likeness (QED) is 0.519. The van der Waals surface area contributed by atoms with Crippen LogP contribution in [-0.4, -0.2) is 14.0 Å². The van der Waals surface area contributed by atoms with E-state index in [1.54, 1.807) is 0 Å². The zero-order valence-corrected chi connectivity index (χ0v) is 8.90. The fraction of sp³-hybridized carbons (Fsp3) is 0.500. The molecule has 78 valence electrons. The first-order chi connectivity index (χ1) is 5.62. The van der Waals surface area contributed by atoms with Gasteiger partial charge in [0.25, 0.3) is 0 Å². The highest BCUT2D eigenvalue weighted by molar-refractivity contribution is 7.89. The Hall–Kier alpha value is -0.840. The van der Waals surface area contributed by atoms with Crippen LogP contribution in [0.25, 0.3) is 0 Å². The van der Waals surface area contributed by atoms with E-state index < -0.39 is 10.2 Å². The van der Waals surface area contributed by atoms with Gasteiger partial charge in [-0.1, -0.05) is 13.2 Å². The molecule has 0 radical (unpaired) electrons. The fourth-order valence-electron chi connectivity index (χ4n) is 0.250. The molecule has 0 unspecified atom stereocenters. The van der Waals surface area contributed by atoms with Crippen LogP contribution in [0.5, 0.6) is 0 Å². The number of hydrogen-bond acceptors (Lipinski definition) is 3. The monoisotopic (exact) mass is 210 g/mol. The summed E-state index contributed by atoms with van der Waals surface area (Å²) >= 11 is 0. The average Bonchev–Trinajstić information content (AvgIpc) is 1.84. The van der Waals surface area contributed by atoms with Gasteiger partial charge in [0.2, 0.25) is 0 Å². The molecule has 0 saturated heterocycles. The predicted molar refractivity (Wildman–Crippen MR) is 51.3 cm³/mol. The third-order valence-electron chi connectivity index (χ3n) is 0.636. The van der Waals surface area contributed by atoms with Crippen LogP contribution in [0.3, 0.4) is 0 Å². The third kappa shape index (κ3) is 24.7. The van der Waals surface area contributed by atoms with E-state index in [1.807, 2.05) is 20.8 Å². The minimum absolute atomic E-state index is 0.0677. The average molecular weight is 210 g/mol. The molecule has 0 N–H and O–H groups in total. The molecule has 0 aromatic carbocycles. The standard InChI is InChI=1S/C6H12O.C2H3FO2S/c1-5-7-6(2,3)4;1-2-6(3,4)5/h5H,1H2,2-4H3;2H,1H2. The van der Waals surface area contributed by atoms with Crippen LogP contribution >= 0.6 is 0 Å². The summed E-state index contributed by atoms with van der Waals surface area (Å²) in [6, 6.07) is 0. The number of halogens is 1. The highest BCUT2D eigenvalue weighted by atomic mass is 32.3. The smallest absolute Gasteiger partial charge is 0.324 e. The van der Waals surface area contributed by atoms with Gasteiger partial charge in [-0.25, -0.2) is 0 Å². The van der Waals surface area contributed by atoms with E-state index in [0.717, 1.165) is 0 Å². The summed E-state index contributed by atoms with van der Waals surface area (Å²) in [5.74, 6) is 0. The first kappa shape index (κ1) is 14.7. The molecule has 0 aliphatic carbocycles. The summed E-state index contributed by atoms with van der Waals surface area (Å²) in [7, 11) is -4.40. The van der Waals surface area contributed by atoms with Gasteiger partial charge in [0.15, 0.2) is 0 Å². The molecule has 0 heterocycles. The van der Waals surface area contributed by atoms with Crippen LogP contribution in [0.15, 0.2) is 24.8 Å². The van der Waals surface area contributed by atoms with Gasteiger partial charge in [0, 0.05) is 0 Å². The second-order valence-corrected chi connectivity index (χ2v) is 4.32. The van der Waals surface area contributed by atoms with E-state index in [0.29, 0.717) is 0 Å². The lowest BCUT2D eigenvalue weighted by atomic mass is 10.2. The van der Waals surface area contributed by atoms with Crippen molar-refractivity contribution in [2.75, 3.05) is 0 Å². The molecule has 0 spiro atoms. The van der Waals surface area contributed by atoms with E-state index >= 15 is 0 Å². The van der Waals surface area contributed by atoms with Crippen LogP contribution < -0.4 is 0 Å². The Labute approximate surface area is 79.1 Å². The molecule has 3 nitrogen and oxygen atoms in total. The summed E-state index contributed by atoms with van der Waals surface area (Å²) in [6.07, 6.45) is 1.46. The van der Waals surface area contributed by atoms with Crippen LogP contribution in [0, 0.1) is 0 Å². The maximum absolute atomic E-state index is 11.0. The SMILES string of the molecule is C=COC(C)(C)C.C=CS(=O)(=O)F. The first-order valence-electron chi connectivity index (χ1n) is 3.48. The van der Waals surface area contributed by atoms with Crippen LogP contribution in [0.4, 0.5) is 3.89 Å². The maximum atomic E-state index is 11.0. The lowest BCUT2D eigenvalue weighted by Crippen LogP contribution is -2.14. The van der Waals surface area contributed by atoms with Gasteiger partial charge in [-0.05, 0) is 20.8 Å².